The minimum Gasteiger partial charge on any atom is -0.463 e. The summed E-state index contributed by atoms with van der Waals surface area (Å²) in [5.74, 6) is -0.474. The van der Waals surface area contributed by atoms with Crippen molar-refractivity contribution in [3.8, 4) is 11.1 Å². The van der Waals surface area contributed by atoms with Crippen LogP contribution >= 0.6 is 0 Å². The second-order valence-electron chi connectivity index (χ2n) is 6.64. The van der Waals surface area contributed by atoms with Crippen molar-refractivity contribution in [2.75, 3.05) is 6.61 Å². The highest BCUT2D eigenvalue weighted by Crippen LogP contribution is 2.34. The number of aromatic nitrogens is 2. The van der Waals surface area contributed by atoms with Crippen LogP contribution < -0.4 is 0 Å². The van der Waals surface area contributed by atoms with Crippen LogP contribution in [0.4, 0.5) is 4.39 Å². The molecule has 0 aliphatic heterocycles. The van der Waals surface area contributed by atoms with Gasteiger partial charge in [-0.3, -0.25) is 0 Å². The summed E-state index contributed by atoms with van der Waals surface area (Å²) in [6, 6.07) is 10.4. The smallest absolute Gasteiger partial charge is 0.330 e. The molecule has 0 atom stereocenters. The fourth-order valence-electron chi connectivity index (χ4n) is 3.08. The molecule has 28 heavy (non-hydrogen) atoms. The van der Waals surface area contributed by atoms with E-state index in [0.29, 0.717) is 6.61 Å². The molecule has 0 fully saturated rings. The number of carbonyl (C=O) groups is 1. The summed E-state index contributed by atoms with van der Waals surface area (Å²) in [6.07, 6.45) is 8.67. The lowest BCUT2D eigenvalue weighted by Crippen LogP contribution is -2.05. The standard InChI is InChI=1S/C23H23FN2O2/c1-4-28-21(27)10-6-5-8-19-22(17-11-13-18(24)14-12-17)20-9-7-15-26(20)25-23(19)16(2)3/h5-16H,4H2,1-3H3. The van der Waals surface area contributed by atoms with Crippen LogP contribution in [-0.2, 0) is 9.53 Å². The Morgan fingerprint density at radius 3 is 2.64 bits per heavy atom. The first kappa shape index (κ1) is 19.5. The van der Waals surface area contributed by atoms with Gasteiger partial charge in [0.2, 0.25) is 0 Å². The summed E-state index contributed by atoms with van der Waals surface area (Å²) in [6.45, 7) is 6.27. The van der Waals surface area contributed by atoms with E-state index in [4.69, 9.17) is 9.84 Å². The molecule has 2 heterocycles. The summed E-state index contributed by atoms with van der Waals surface area (Å²) < 4.78 is 20.2. The lowest BCUT2D eigenvalue weighted by molar-refractivity contribution is -0.137. The molecule has 0 saturated carbocycles. The van der Waals surface area contributed by atoms with Crippen LogP contribution in [0.3, 0.4) is 0 Å². The van der Waals surface area contributed by atoms with Gasteiger partial charge in [0.05, 0.1) is 17.8 Å². The number of carbonyl (C=O) groups excluding carboxylic acids is 1. The van der Waals surface area contributed by atoms with Crippen molar-refractivity contribution in [2.45, 2.75) is 26.7 Å². The van der Waals surface area contributed by atoms with E-state index in [1.807, 2.05) is 28.9 Å². The zero-order valence-electron chi connectivity index (χ0n) is 16.2. The molecule has 0 N–H and O–H groups in total. The van der Waals surface area contributed by atoms with Gasteiger partial charge >= 0.3 is 5.97 Å². The molecule has 3 aromatic rings. The van der Waals surface area contributed by atoms with Crippen LogP contribution in [0.1, 0.15) is 37.9 Å². The largest absolute Gasteiger partial charge is 0.463 e. The number of rotatable bonds is 6. The molecule has 0 aliphatic rings. The Kier molecular flexibility index (Phi) is 6.04. The Morgan fingerprint density at radius 2 is 1.96 bits per heavy atom. The Bertz CT molecular complexity index is 1030. The Hall–Kier alpha value is -3.21. The SMILES string of the molecule is CCOC(=O)C=CC=Cc1c(C(C)C)nn2cccc2c1-c1ccc(F)cc1. The highest BCUT2D eigenvalue weighted by molar-refractivity contribution is 5.89. The second kappa shape index (κ2) is 8.65. The third-order valence-corrected chi connectivity index (χ3v) is 4.32. The van der Waals surface area contributed by atoms with Crippen molar-refractivity contribution >= 4 is 17.6 Å². The van der Waals surface area contributed by atoms with Crippen molar-refractivity contribution in [3.05, 3.63) is 77.9 Å². The van der Waals surface area contributed by atoms with Crippen LogP contribution in [0.15, 0.2) is 60.8 Å². The highest BCUT2D eigenvalue weighted by atomic mass is 19.1. The van der Waals surface area contributed by atoms with E-state index in [1.165, 1.54) is 18.2 Å². The van der Waals surface area contributed by atoms with E-state index in [9.17, 15) is 9.18 Å². The lowest BCUT2D eigenvalue weighted by Gasteiger charge is -2.16. The first-order valence-corrected chi connectivity index (χ1v) is 9.30. The van der Waals surface area contributed by atoms with E-state index >= 15 is 0 Å². The second-order valence-corrected chi connectivity index (χ2v) is 6.64. The van der Waals surface area contributed by atoms with Gasteiger partial charge in [0.1, 0.15) is 5.82 Å². The molecule has 0 radical (unpaired) electrons. The number of hydrogen-bond donors (Lipinski definition) is 0. The zero-order valence-corrected chi connectivity index (χ0v) is 16.2. The van der Waals surface area contributed by atoms with Gasteiger partial charge in [-0.15, -0.1) is 0 Å². The summed E-state index contributed by atoms with van der Waals surface area (Å²) >= 11 is 0. The molecular formula is C23H23FN2O2. The molecule has 4 nitrogen and oxygen atoms in total. The highest BCUT2D eigenvalue weighted by Gasteiger charge is 2.17. The fourth-order valence-corrected chi connectivity index (χ4v) is 3.08. The molecule has 0 unspecified atom stereocenters. The molecule has 0 spiro atoms. The predicted octanol–water partition coefficient (Wildman–Crippen LogP) is 5.40. The molecule has 2 aromatic heterocycles. The van der Waals surface area contributed by atoms with Gasteiger partial charge < -0.3 is 4.74 Å². The average Bonchev–Trinajstić information content (AvgIpc) is 3.13. The monoisotopic (exact) mass is 378 g/mol. The number of esters is 1. The molecule has 5 heteroatoms. The molecular weight excluding hydrogens is 355 g/mol. The number of hydrogen-bond acceptors (Lipinski definition) is 3. The molecule has 0 aliphatic carbocycles. The average molecular weight is 378 g/mol. The van der Waals surface area contributed by atoms with Crippen LogP contribution in [0.25, 0.3) is 22.7 Å². The van der Waals surface area contributed by atoms with Crippen LogP contribution in [-0.4, -0.2) is 22.2 Å². The van der Waals surface area contributed by atoms with Crippen molar-refractivity contribution < 1.29 is 13.9 Å². The third kappa shape index (κ3) is 4.19. The first-order chi connectivity index (χ1) is 13.5. The molecule has 0 bridgehead atoms. The van der Waals surface area contributed by atoms with E-state index < -0.39 is 0 Å². The van der Waals surface area contributed by atoms with Crippen LogP contribution in [0.5, 0.6) is 0 Å². The minimum absolute atomic E-state index is 0.180. The Balaban J connectivity index is 2.15. The van der Waals surface area contributed by atoms with Crippen molar-refractivity contribution in [1.29, 1.82) is 0 Å². The van der Waals surface area contributed by atoms with E-state index in [1.54, 1.807) is 31.2 Å². The first-order valence-electron chi connectivity index (χ1n) is 9.30. The quantitative estimate of drug-likeness (QED) is 0.328. The fraction of sp³-hybridized carbons (Fsp3) is 0.217. The predicted molar refractivity (Wildman–Crippen MR) is 109 cm³/mol. The van der Waals surface area contributed by atoms with E-state index in [-0.39, 0.29) is 17.7 Å². The van der Waals surface area contributed by atoms with Crippen molar-refractivity contribution in [3.63, 3.8) is 0 Å². The van der Waals surface area contributed by atoms with Gasteiger partial charge in [0, 0.05) is 23.4 Å². The zero-order chi connectivity index (χ0) is 20.1. The van der Waals surface area contributed by atoms with E-state index in [0.717, 1.165) is 27.9 Å². The molecule has 0 saturated heterocycles. The van der Waals surface area contributed by atoms with Crippen molar-refractivity contribution in [1.82, 2.24) is 9.61 Å². The molecule has 0 amide bonds. The van der Waals surface area contributed by atoms with Gasteiger partial charge in [-0.25, -0.2) is 13.7 Å². The van der Waals surface area contributed by atoms with Gasteiger partial charge in [0.15, 0.2) is 0 Å². The van der Waals surface area contributed by atoms with Crippen molar-refractivity contribution in [2.24, 2.45) is 0 Å². The summed E-state index contributed by atoms with van der Waals surface area (Å²) in [5.41, 5.74) is 4.68. The summed E-state index contributed by atoms with van der Waals surface area (Å²) in [5, 5.41) is 4.76. The normalized spacial score (nSPS) is 11.9. The van der Waals surface area contributed by atoms with Gasteiger partial charge in [-0.05, 0) is 42.7 Å². The van der Waals surface area contributed by atoms with Crippen LogP contribution in [0.2, 0.25) is 0 Å². The maximum absolute atomic E-state index is 13.5. The number of benzene rings is 1. The maximum atomic E-state index is 13.5. The number of halogens is 1. The summed E-state index contributed by atoms with van der Waals surface area (Å²) in [4.78, 5) is 11.5. The molecule has 1 aromatic carbocycles. The number of ether oxygens (including phenoxy) is 1. The number of nitrogens with zero attached hydrogens (tertiary/aromatic N) is 2. The number of allylic oxidation sites excluding steroid dienone is 2. The van der Waals surface area contributed by atoms with Gasteiger partial charge in [0.25, 0.3) is 0 Å². The molecule has 3 rings (SSSR count). The van der Waals surface area contributed by atoms with Gasteiger partial charge in [-0.1, -0.05) is 44.2 Å². The third-order valence-electron chi connectivity index (χ3n) is 4.32. The van der Waals surface area contributed by atoms with E-state index in [2.05, 4.69) is 13.8 Å². The number of fused-ring (bicyclic) bond motifs is 1. The van der Waals surface area contributed by atoms with Crippen LogP contribution in [0, 0.1) is 5.82 Å². The molecule has 144 valence electrons. The minimum atomic E-state index is -0.379. The Labute approximate surface area is 164 Å². The topological polar surface area (TPSA) is 43.6 Å². The maximum Gasteiger partial charge on any atom is 0.330 e. The Morgan fingerprint density at radius 1 is 1.21 bits per heavy atom. The lowest BCUT2D eigenvalue weighted by atomic mass is 9.94. The summed E-state index contributed by atoms with van der Waals surface area (Å²) in [7, 11) is 0. The van der Waals surface area contributed by atoms with Gasteiger partial charge in [-0.2, -0.15) is 5.10 Å².